The van der Waals surface area contributed by atoms with E-state index in [0.717, 1.165) is 5.76 Å². The van der Waals surface area contributed by atoms with E-state index in [0.29, 0.717) is 25.1 Å². The second-order valence-electron chi connectivity index (χ2n) is 6.86. The number of rotatable bonds is 4. The van der Waals surface area contributed by atoms with Crippen LogP contribution in [-0.4, -0.2) is 22.3 Å². The van der Waals surface area contributed by atoms with Gasteiger partial charge in [-0.3, -0.25) is 14.5 Å². The standard InChI is InChI=1S/C16H24N2O3/c1-11-7-14(19)18(15(20)8-11)10-13-6-5-12(21-13)9-17-16(2,3)4/h5-6,11,17H,7-10H2,1-4H3. The fourth-order valence-electron chi connectivity index (χ4n) is 2.31. The summed E-state index contributed by atoms with van der Waals surface area (Å²) in [6.07, 6.45) is 0.871. The summed E-state index contributed by atoms with van der Waals surface area (Å²) in [5, 5.41) is 3.34. The molecule has 1 aromatic heterocycles. The van der Waals surface area contributed by atoms with Gasteiger partial charge in [0.2, 0.25) is 11.8 Å². The van der Waals surface area contributed by atoms with Crippen molar-refractivity contribution in [1.82, 2.24) is 10.2 Å². The van der Waals surface area contributed by atoms with E-state index in [1.165, 1.54) is 4.90 Å². The average molecular weight is 292 g/mol. The molecule has 1 saturated heterocycles. The third-order valence-corrected chi connectivity index (χ3v) is 3.47. The summed E-state index contributed by atoms with van der Waals surface area (Å²) >= 11 is 0. The van der Waals surface area contributed by atoms with Crippen LogP contribution in [-0.2, 0) is 22.7 Å². The van der Waals surface area contributed by atoms with Gasteiger partial charge in [0, 0.05) is 18.4 Å². The molecule has 0 unspecified atom stereocenters. The minimum absolute atomic E-state index is 0.0158. The van der Waals surface area contributed by atoms with Gasteiger partial charge in [-0.1, -0.05) is 6.92 Å². The first-order valence-electron chi connectivity index (χ1n) is 7.40. The van der Waals surface area contributed by atoms with Gasteiger partial charge in [0.05, 0.1) is 13.1 Å². The average Bonchev–Trinajstić information content (AvgIpc) is 2.78. The van der Waals surface area contributed by atoms with Crippen molar-refractivity contribution < 1.29 is 14.0 Å². The molecule has 1 fully saturated rings. The van der Waals surface area contributed by atoms with E-state index >= 15 is 0 Å². The Kier molecular flexibility index (Phi) is 4.52. The molecule has 0 saturated carbocycles. The summed E-state index contributed by atoms with van der Waals surface area (Å²) in [5.74, 6) is 1.39. The molecule has 1 N–H and O–H groups in total. The number of carbonyl (C=O) groups excluding carboxylic acids is 2. The fraction of sp³-hybridized carbons (Fsp3) is 0.625. The SMILES string of the molecule is CC1CC(=O)N(Cc2ccc(CNC(C)(C)C)o2)C(=O)C1. The topological polar surface area (TPSA) is 62.6 Å². The Labute approximate surface area is 125 Å². The zero-order valence-electron chi connectivity index (χ0n) is 13.2. The number of nitrogens with zero attached hydrogens (tertiary/aromatic N) is 1. The van der Waals surface area contributed by atoms with Gasteiger partial charge in [0.1, 0.15) is 11.5 Å². The Morgan fingerprint density at radius 2 is 1.76 bits per heavy atom. The van der Waals surface area contributed by atoms with Gasteiger partial charge in [-0.05, 0) is 38.8 Å². The van der Waals surface area contributed by atoms with E-state index in [-0.39, 0.29) is 29.8 Å². The van der Waals surface area contributed by atoms with E-state index < -0.39 is 0 Å². The zero-order valence-corrected chi connectivity index (χ0v) is 13.2. The number of piperidine rings is 1. The maximum Gasteiger partial charge on any atom is 0.229 e. The second-order valence-corrected chi connectivity index (χ2v) is 6.86. The molecule has 0 spiro atoms. The number of imide groups is 1. The summed E-state index contributed by atoms with van der Waals surface area (Å²) in [4.78, 5) is 25.2. The molecule has 0 aromatic carbocycles. The molecule has 0 radical (unpaired) electrons. The van der Waals surface area contributed by atoms with Crippen LogP contribution in [0.2, 0.25) is 0 Å². The Balaban J connectivity index is 1.96. The number of amides is 2. The van der Waals surface area contributed by atoms with Crippen LogP contribution in [0.15, 0.2) is 16.5 Å². The maximum atomic E-state index is 11.9. The molecule has 5 heteroatoms. The smallest absolute Gasteiger partial charge is 0.229 e. The first kappa shape index (κ1) is 15.8. The van der Waals surface area contributed by atoms with Crippen LogP contribution in [0.1, 0.15) is 52.1 Å². The van der Waals surface area contributed by atoms with Crippen LogP contribution >= 0.6 is 0 Å². The highest BCUT2D eigenvalue weighted by molar-refractivity contribution is 5.97. The molecule has 1 aliphatic rings. The Hall–Kier alpha value is -1.62. The molecule has 5 nitrogen and oxygen atoms in total. The molecule has 1 aliphatic heterocycles. The summed E-state index contributed by atoms with van der Waals surface area (Å²) < 4.78 is 5.70. The summed E-state index contributed by atoms with van der Waals surface area (Å²) in [6.45, 7) is 9.05. The first-order valence-corrected chi connectivity index (χ1v) is 7.40. The lowest BCUT2D eigenvalue weighted by atomic mass is 9.98. The fourth-order valence-corrected chi connectivity index (χ4v) is 2.31. The van der Waals surface area contributed by atoms with E-state index in [9.17, 15) is 9.59 Å². The number of nitrogens with one attached hydrogen (secondary N) is 1. The molecule has 21 heavy (non-hydrogen) atoms. The Morgan fingerprint density at radius 1 is 1.19 bits per heavy atom. The van der Waals surface area contributed by atoms with Crippen molar-refractivity contribution in [2.24, 2.45) is 5.92 Å². The van der Waals surface area contributed by atoms with Crippen molar-refractivity contribution in [3.63, 3.8) is 0 Å². The van der Waals surface area contributed by atoms with Crippen molar-refractivity contribution in [3.05, 3.63) is 23.7 Å². The summed E-state index contributed by atoms with van der Waals surface area (Å²) in [7, 11) is 0. The van der Waals surface area contributed by atoms with Crippen molar-refractivity contribution >= 4 is 11.8 Å². The van der Waals surface area contributed by atoms with Crippen LogP contribution in [0.3, 0.4) is 0 Å². The van der Waals surface area contributed by atoms with Gasteiger partial charge in [-0.2, -0.15) is 0 Å². The minimum atomic E-state index is -0.107. The summed E-state index contributed by atoms with van der Waals surface area (Å²) in [5.41, 5.74) is 0.0158. The van der Waals surface area contributed by atoms with Crippen LogP contribution in [0.5, 0.6) is 0 Å². The molecule has 0 atom stereocenters. The molecule has 2 rings (SSSR count). The lowest BCUT2D eigenvalue weighted by Gasteiger charge is -2.27. The highest BCUT2D eigenvalue weighted by atomic mass is 16.3. The largest absolute Gasteiger partial charge is 0.463 e. The number of hydrogen-bond acceptors (Lipinski definition) is 4. The second kappa shape index (κ2) is 6.02. The lowest BCUT2D eigenvalue weighted by Crippen LogP contribution is -2.42. The van der Waals surface area contributed by atoms with Crippen LogP contribution < -0.4 is 5.32 Å². The summed E-state index contributed by atoms with van der Waals surface area (Å²) in [6, 6.07) is 3.72. The molecule has 0 bridgehead atoms. The van der Waals surface area contributed by atoms with Crippen molar-refractivity contribution in [2.45, 2.75) is 59.2 Å². The van der Waals surface area contributed by atoms with Crippen molar-refractivity contribution in [1.29, 1.82) is 0 Å². The van der Waals surface area contributed by atoms with Gasteiger partial charge in [-0.25, -0.2) is 0 Å². The molecule has 1 aromatic rings. The maximum absolute atomic E-state index is 11.9. The third-order valence-electron chi connectivity index (χ3n) is 3.47. The molecular formula is C16H24N2O3. The van der Waals surface area contributed by atoms with Gasteiger partial charge < -0.3 is 9.73 Å². The number of carbonyl (C=O) groups is 2. The predicted octanol–water partition coefficient (Wildman–Crippen LogP) is 2.45. The zero-order chi connectivity index (χ0) is 15.6. The molecule has 0 aliphatic carbocycles. The van der Waals surface area contributed by atoms with Gasteiger partial charge in [-0.15, -0.1) is 0 Å². The molecule has 2 amide bonds. The molecule has 116 valence electrons. The van der Waals surface area contributed by atoms with Gasteiger partial charge >= 0.3 is 0 Å². The van der Waals surface area contributed by atoms with Crippen LogP contribution in [0.4, 0.5) is 0 Å². The number of likely N-dealkylation sites (tertiary alicyclic amines) is 1. The van der Waals surface area contributed by atoms with Crippen molar-refractivity contribution in [3.8, 4) is 0 Å². The quantitative estimate of drug-likeness (QED) is 0.866. The van der Waals surface area contributed by atoms with E-state index in [1.807, 2.05) is 19.1 Å². The van der Waals surface area contributed by atoms with Crippen LogP contribution in [0.25, 0.3) is 0 Å². The van der Waals surface area contributed by atoms with E-state index in [2.05, 4.69) is 26.1 Å². The van der Waals surface area contributed by atoms with Crippen molar-refractivity contribution in [2.75, 3.05) is 0 Å². The highest BCUT2D eigenvalue weighted by Crippen LogP contribution is 2.21. The van der Waals surface area contributed by atoms with E-state index in [4.69, 9.17) is 4.42 Å². The number of hydrogen-bond donors (Lipinski definition) is 1. The van der Waals surface area contributed by atoms with Gasteiger partial charge in [0.25, 0.3) is 0 Å². The first-order chi connectivity index (χ1) is 9.74. The Morgan fingerprint density at radius 3 is 2.33 bits per heavy atom. The van der Waals surface area contributed by atoms with E-state index in [1.54, 1.807) is 0 Å². The lowest BCUT2D eigenvalue weighted by molar-refractivity contribution is -0.150. The molecule has 2 heterocycles. The normalized spacial score (nSPS) is 17.6. The number of furan rings is 1. The predicted molar refractivity (Wildman–Crippen MR) is 79.3 cm³/mol. The molecular weight excluding hydrogens is 268 g/mol. The Bertz CT molecular complexity index is 510. The highest BCUT2D eigenvalue weighted by Gasteiger charge is 2.30. The third kappa shape index (κ3) is 4.43. The van der Waals surface area contributed by atoms with Crippen LogP contribution in [0, 0.1) is 5.92 Å². The monoisotopic (exact) mass is 292 g/mol. The minimum Gasteiger partial charge on any atom is -0.463 e. The van der Waals surface area contributed by atoms with Gasteiger partial charge in [0.15, 0.2) is 0 Å².